The monoisotopic (exact) mass is 423 g/mol. The summed E-state index contributed by atoms with van der Waals surface area (Å²) in [7, 11) is 0. The number of piperazine rings is 1. The standard InChI is InChI=1S/C24H33N5O2/c1-4-27(5-2)22(30)17-26-13-15-28(16-14-26)24(31)23-19-10-8-12-21(19)29(25-23)20-11-7-6-9-18(20)3/h6-7,9,11H,4-5,8,10,12-17H2,1-3H3. The summed E-state index contributed by atoms with van der Waals surface area (Å²) in [6.45, 7) is 10.7. The average molecular weight is 424 g/mol. The fourth-order valence-corrected chi connectivity index (χ4v) is 4.74. The molecule has 0 atom stereocenters. The first kappa shape index (κ1) is 21.6. The van der Waals surface area contributed by atoms with Gasteiger partial charge in [0.2, 0.25) is 5.91 Å². The number of hydrogen-bond acceptors (Lipinski definition) is 4. The number of nitrogens with zero attached hydrogens (tertiary/aromatic N) is 5. The van der Waals surface area contributed by atoms with Crippen molar-refractivity contribution in [2.75, 3.05) is 45.8 Å². The van der Waals surface area contributed by atoms with Gasteiger partial charge in [0.05, 0.1) is 12.2 Å². The Kier molecular flexibility index (Phi) is 6.41. The van der Waals surface area contributed by atoms with Crippen LogP contribution in [0.3, 0.4) is 0 Å². The minimum absolute atomic E-state index is 0.0280. The Morgan fingerprint density at radius 1 is 1.03 bits per heavy atom. The van der Waals surface area contributed by atoms with Gasteiger partial charge in [-0.25, -0.2) is 4.68 Å². The van der Waals surface area contributed by atoms with E-state index >= 15 is 0 Å². The maximum Gasteiger partial charge on any atom is 0.274 e. The highest BCUT2D eigenvalue weighted by atomic mass is 16.2. The number of benzene rings is 1. The number of likely N-dealkylation sites (N-methyl/N-ethyl adjacent to an activating group) is 1. The molecule has 0 spiro atoms. The van der Waals surface area contributed by atoms with E-state index in [9.17, 15) is 9.59 Å². The van der Waals surface area contributed by atoms with E-state index in [0.29, 0.717) is 25.3 Å². The third-order valence-corrected chi connectivity index (χ3v) is 6.61. The number of aryl methyl sites for hydroxylation is 1. The molecule has 4 rings (SSSR count). The number of carbonyl (C=O) groups is 2. The maximum atomic E-state index is 13.4. The zero-order valence-electron chi connectivity index (χ0n) is 18.9. The summed E-state index contributed by atoms with van der Waals surface area (Å²) in [4.78, 5) is 31.7. The minimum atomic E-state index is 0.0280. The summed E-state index contributed by atoms with van der Waals surface area (Å²) in [5, 5.41) is 4.80. The van der Waals surface area contributed by atoms with Gasteiger partial charge in [-0.05, 0) is 51.7 Å². The molecule has 0 saturated carbocycles. The summed E-state index contributed by atoms with van der Waals surface area (Å²) in [5.74, 6) is 0.194. The molecule has 1 aromatic heterocycles. The van der Waals surface area contributed by atoms with Crippen LogP contribution in [0.4, 0.5) is 0 Å². The number of aromatic nitrogens is 2. The van der Waals surface area contributed by atoms with Crippen molar-refractivity contribution in [3.05, 3.63) is 46.8 Å². The number of rotatable bonds is 6. The van der Waals surface area contributed by atoms with Gasteiger partial charge < -0.3 is 9.80 Å². The highest BCUT2D eigenvalue weighted by molar-refractivity contribution is 5.94. The first-order valence-electron chi connectivity index (χ1n) is 11.5. The molecule has 2 aliphatic rings. The molecule has 0 bridgehead atoms. The van der Waals surface area contributed by atoms with Crippen molar-refractivity contribution in [3.63, 3.8) is 0 Å². The lowest BCUT2D eigenvalue weighted by molar-refractivity contribution is -0.132. The van der Waals surface area contributed by atoms with E-state index in [1.165, 1.54) is 5.69 Å². The summed E-state index contributed by atoms with van der Waals surface area (Å²) in [6.07, 6.45) is 2.95. The molecule has 31 heavy (non-hydrogen) atoms. The second-order valence-electron chi connectivity index (χ2n) is 8.46. The lowest BCUT2D eigenvalue weighted by Crippen LogP contribution is -2.51. The van der Waals surface area contributed by atoms with Crippen LogP contribution in [0.5, 0.6) is 0 Å². The quantitative estimate of drug-likeness (QED) is 0.715. The first-order chi connectivity index (χ1) is 15.0. The normalized spacial score (nSPS) is 16.4. The van der Waals surface area contributed by atoms with Crippen molar-refractivity contribution in [3.8, 4) is 5.69 Å². The van der Waals surface area contributed by atoms with Crippen LogP contribution in [0.25, 0.3) is 5.69 Å². The second-order valence-corrected chi connectivity index (χ2v) is 8.46. The Morgan fingerprint density at radius 3 is 2.42 bits per heavy atom. The van der Waals surface area contributed by atoms with Gasteiger partial charge in [0.1, 0.15) is 0 Å². The molecule has 2 aromatic rings. The van der Waals surface area contributed by atoms with Gasteiger partial charge in [0.15, 0.2) is 5.69 Å². The van der Waals surface area contributed by atoms with E-state index in [1.54, 1.807) is 0 Å². The fourth-order valence-electron chi connectivity index (χ4n) is 4.74. The van der Waals surface area contributed by atoms with E-state index in [0.717, 1.165) is 62.3 Å². The number of amides is 2. The largest absolute Gasteiger partial charge is 0.342 e. The van der Waals surface area contributed by atoms with Gasteiger partial charge in [-0.3, -0.25) is 14.5 Å². The van der Waals surface area contributed by atoms with Crippen molar-refractivity contribution >= 4 is 11.8 Å². The molecule has 0 radical (unpaired) electrons. The molecule has 166 valence electrons. The van der Waals surface area contributed by atoms with Crippen LogP contribution >= 0.6 is 0 Å². The Balaban J connectivity index is 1.46. The third-order valence-electron chi connectivity index (χ3n) is 6.61. The zero-order valence-corrected chi connectivity index (χ0v) is 18.9. The summed E-state index contributed by atoms with van der Waals surface area (Å²) in [5.41, 5.74) is 5.13. The maximum absolute atomic E-state index is 13.4. The molecule has 1 aliphatic carbocycles. The molecule has 7 heteroatoms. The van der Waals surface area contributed by atoms with Gasteiger partial charge in [0, 0.05) is 50.5 Å². The molecule has 1 aromatic carbocycles. The van der Waals surface area contributed by atoms with Crippen LogP contribution in [-0.4, -0.2) is 82.1 Å². The van der Waals surface area contributed by atoms with Crippen molar-refractivity contribution in [2.24, 2.45) is 0 Å². The molecule has 7 nitrogen and oxygen atoms in total. The predicted molar refractivity (Wildman–Crippen MR) is 121 cm³/mol. The van der Waals surface area contributed by atoms with E-state index in [2.05, 4.69) is 24.0 Å². The van der Waals surface area contributed by atoms with Gasteiger partial charge in [-0.2, -0.15) is 5.10 Å². The second kappa shape index (κ2) is 9.22. The molecule has 0 N–H and O–H groups in total. The third kappa shape index (κ3) is 4.24. The van der Waals surface area contributed by atoms with Crippen LogP contribution in [0.2, 0.25) is 0 Å². The SMILES string of the molecule is CCN(CC)C(=O)CN1CCN(C(=O)c2nn(-c3ccccc3C)c3c2CCC3)CC1. The van der Waals surface area contributed by atoms with Gasteiger partial charge in [-0.15, -0.1) is 0 Å². The Morgan fingerprint density at radius 2 is 1.74 bits per heavy atom. The fraction of sp³-hybridized carbons (Fsp3) is 0.542. The zero-order chi connectivity index (χ0) is 22.0. The van der Waals surface area contributed by atoms with E-state index in [-0.39, 0.29) is 11.8 Å². The minimum Gasteiger partial charge on any atom is -0.342 e. The highest BCUT2D eigenvalue weighted by Gasteiger charge is 2.31. The Labute approximate surface area is 184 Å². The smallest absolute Gasteiger partial charge is 0.274 e. The van der Waals surface area contributed by atoms with E-state index in [1.807, 2.05) is 40.5 Å². The molecule has 0 unspecified atom stereocenters. The van der Waals surface area contributed by atoms with Crippen LogP contribution in [0.1, 0.15) is 47.6 Å². The molecule has 1 aliphatic heterocycles. The van der Waals surface area contributed by atoms with Crippen molar-refractivity contribution in [2.45, 2.75) is 40.0 Å². The van der Waals surface area contributed by atoms with Crippen molar-refractivity contribution < 1.29 is 9.59 Å². The predicted octanol–water partition coefficient (Wildman–Crippen LogP) is 2.30. The van der Waals surface area contributed by atoms with Gasteiger partial charge in [0.25, 0.3) is 5.91 Å². The van der Waals surface area contributed by atoms with Gasteiger partial charge in [-0.1, -0.05) is 18.2 Å². The van der Waals surface area contributed by atoms with Crippen molar-refractivity contribution in [1.82, 2.24) is 24.5 Å². The van der Waals surface area contributed by atoms with E-state index < -0.39 is 0 Å². The summed E-state index contributed by atoms with van der Waals surface area (Å²) >= 11 is 0. The van der Waals surface area contributed by atoms with Crippen molar-refractivity contribution in [1.29, 1.82) is 0 Å². The van der Waals surface area contributed by atoms with E-state index in [4.69, 9.17) is 5.10 Å². The topological polar surface area (TPSA) is 61.7 Å². The Hall–Kier alpha value is -2.67. The summed E-state index contributed by atoms with van der Waals surface area (Å²) < 4.78 is 1.99. The number of carbonyl (C=O) groups excluding carboxylic acids is 2. The average Bonchev–Trinajstić information content (AvgIpc) is 3.38. The molecular weight excluding hydrogens is 390 g/mol. The molecule has 2 amide bonds. The van der Waals surface area contributed by atoms with Crippen LogP contribution in [0, 0.1) is 6.92 Å². The molecule has 1 fully saturated rings. The number of para-hydroxylation sites is 1. The number of fused-ring (bicyclic) bond motifs is 1. The number of hydrogen-bond donors (Lipinski definition) is 0. The Bertz CT molecular complexity index is 955. The highest BCUT2D eigenvalue weighted by Crippen LogP contribution is 2.29. The lowest BCUT2D eigenvalue weighted by atomic mass is 10.1. The lowest BCUT2D eigenvalue weighted by Gasteiger charge is -2.35. The summed E-state index contributed by atoms with van der Waals surface area (Å²) in [6, 6.07) is 8.20. The first-order valence-corrected chi connectivity index (χ1v) is 11.5. The molecule has 1 saturated heterocycles. The van der Waals surface area contributed by atoms with Gasteiger partial charge >= 0.3 is 0 Å². The van der Waals surface area contributed by atoms with Crippen LogP contribution < -0.4 is 0 Å². The molecule has 2 heterocycles. The van der Waals surface area contributed by atoms with Crippen LogP contribution in [-0.2, 0) is 17.6 Å². The van der Waals surface area contributed by atoms with Crippen LogP contribution in [0.15, 0.2) is 24.3 Å². The molecular formula is C24H33N5O2.